The first-order valence-electron chi connectivity index (χ1n) is 11.5. The first-order valence-corrected chi connectivity index (χ1v) is 11.5. The third-order valence-corrected chi connectivity index (χ3v) is 5.83. The Hall–Kier alpha value is -2.08. The standard InChI is InChI=1S/C24H41N5O/c1-6-25-24(27-22-13-16-29(17-14-22)23(30)19(2)3)26-15-12-20(4)28(5)18-21-10-8-7-9-11-21/h7-11,19-20,22H,6,12-18H2,1-5H3,(H2,25,26,27). The molecule has 0 spiro atoms. The molecule has 0 aliphatic carbocycles. The molecule has 1 amide bonds. The fourth-order valence-electron chi connectivity index (χ4n) is 3.73. The first-order chi connectivity index (χ1) is 14.4. The van der Waals surface area contributed by atoms with Crippen molar-refractivity contribution in [3.05, 3.63) is 35.9 Å². The molecule has 6 heteroatoms. The monoisotopic (exact) mass is 415 g/mol. The van der Waals surface area contributed by atoms with Crippen LogP contribution in [0.2, 0.25) is 0 Å². The molecular formula is C24H41N5O. The van der Waals surface area contributed by atoms with Crippen molar-refractivity contribution in [1.82, 2.24) is 20.4 Å². The van der Waals surface area contributed by atoms with E-state index in [1.807, 2.05) is 18.7 Å². The molecule has 30 heavy (non-hydrogen) atoms. The number of nitrogens with one attached hydrogen (secondary N) is 2. The third-order valence-electron chi connectivity index (χ3n) is 5.83. The van der Waals surface area contributed by atoms with E-state index in [0.717, 1.165) is 57.9 Å². The van der Waals surface area contributed by atoms with Gasteiger partial charge in [-0.05, 0) is 45.7 Å². The number of hydrogen-bond donors (Lipinski definition) is 2. The van der Waals surface area contributed by atoms with Gasteiger partial charge in [-0.2, -0.15) is 0 Å². The fraction of sp³-hybridized carbons (Fsp3) is 0.667. The maximum absolute atomic E-state index is 12.2. The Morgan fingerprint density at radius 2 is 1.87 bits per heavy atom. The SMILES string of the molecule is CCNC(=NCCC(C)N(C)Cc1ccccc1)NC1CCN(C(=O)C(C)C)CC1. The second-order valence-corrected chi connectivity index (χ2v) is 8.70. The third kappa shape index (κ3) is 7.98. The van der Waals surface area contributed by atoms with Crippen LogP contribution in [0.25, 0.3) is 0 Å². The van der Waals surface area contributed by atoms with Crippen LogP contribution in [0.1, 0.15) is 52.5 Å². The lowest BCUT2D eigenvalue weighted by molar-refractivity contribution is -0.135. The van der Waals surface area contributed by atoms with Gasteiger partial charge in [-0.25, -0.2) is 0 Å². The second-order valence-electron chi connectivity index (χ2n) is 8.70. The highest BCUT2D eigenvalue weighted by molar-refractivity contribution is 5.80. The van der Waals surface area contributed by atoms with Crippen LogP contribution in [-0.2, 0) is 11.3 Å². The number of benzene rings is 1. The summed E-state index contributed by atoms with van der Waals surface area (Å²) in [5, 5.41) is 6.95. The highest BCUT2D eigenvalue weighted by Gasteiger charge is 2.24. The number of aliphatic imine (C=N–C) groups is 1. The minimum Gasteiger partial charge on any atom is -0.357 e. The van der Waals surface area contributed by atoms with Gasteiger partial charge in [-0.15, -0.1) is 0 Å². The Bertz CT molecular complexity index is 653. The number of piperidine rings is 1. The Morgan fingerprint density at radius 1 is 1.20 bits per heavy atom. The first kappa shape index (κ1) is 24.2. The number of likely N-dealkylation sites (tertiary alicyclic amines) is 1. The van der Waals surface area contributed by atoms with E-state index in [1.165, 1.54) is 5.56 Å². The summed E-state index contributed by atoms with van der Waals surface area (Å²) in [4.78, 5) is 21.4. The number of guanidine groups is 1. The van der Waals surface area contributed by atoms with Crippen molar-refractivity contribution in [2.24, 2.45) is 10.9 Å². The molecule has 1 aliphatic heterocycles. The van der Waals surface area contributed by atoms with E-state index >= 15 is 0 Å². The van der Waals surface area contributed by atoms with Crippen molar-refractivity contribution < 1.29 is 4.79 Å². The number of carbonyl (C=O) groups excluding carboxylic acids is 1. The molecular weight excluding hydrogens is 374 g/mol. The van der Waals surface area contributed by atoms with Crippen LogP contribution in [0.4, 0.5) is 0 Å². The predicted octanol–water partition coefficient (Wildman–Crippen LogP) is 3.10. The van der Waals surface area contributed by atoms with Gasteiger partial charge in [-0.3, -0.25) is 14.7 Å². The Morgan fingerprint density at radius 3 is 2.47 bits per heavy atom. The Balaban J connectivity index is 1.78. The summed E-state index contributed by atoms with van der Waals surface area (Å²) in [5.41, 5.74) is 1.34. The second kappa shape index (κ2) is 12.6. The molecule has 0 aromatic heterocycles. The Labute approximate surface area is 183 Å². The summed E-state index contributed by atoms with van der Waals surface area (Å²) < 4.78 is 0. The molecule has 2 rings (SSSR count). The van der Waals surface area contributed by atoms with Crippen molar-refractivity contribution in [3.63, 3.8) is 0 Å². The molecule has 6 nitrogen and oxygen atoms in total. The van der Waals surface area contributed by atoms with Crippen LogP contribution in [0, 0.1) is 5.92 Å². The molecule has 0 saturated carbocycles. The molecule has 2 N–H and O–H groups in total. The minimum atomic E-state index is 0.0791. The van der Waals surface area contributed by atoms with Gasteiger partial charge in [0.15, 0.2) is 5.96 Å². The van der Waals surface area contributed by atoms with Crippen molar-refractivity contribution in [2.75, 3.05) is 33.2 Å². The van der Waals surface area contributed by atoms with E-state index in [2.05, 4.69) is 66.8 Å². The van der Waals surface area contributed by atoms with E-state index in [4.69, 9.17) is 4.99 Å². The van der Waals surface area contributed by atoms with Crippen molar-refractivity contribution in [1.29, 1.82) is 0 Å². The summed E-state index contributed by atoms with van der Waals surface area (Å²) in [5.74, 6) is 1.24. The maximum Gasteiger partial charge on any atom is 0.225 e. The number of rotatable bonds is 9. The predicted molar refractivity (Wildman–Crippen MR) is 126 cm³/mol. The summed E-state index contributed by atoms with van der Waals surface area (Å²) >= 11 is 0. The number of carbonyl (C=O) groups is 1. The molecule has 0 radical (unpaired) electrons. The topological polar surface area (TPSA) is 60.0 Å². The largest absolute Gasteiger partial charge is 0.357 e. The minimum absolute atomic E-state index is 0.0791. The summed E-state index contributed by atoms with van der Waals surface area (Å²) in [7, 11) is 2.18. The average molecular weight is 416 g/mol. The van der Waals surface area contributed by atoms with Crippen molar-refractivity contribution in [2.45, 2.75) is 65.6 Å². The molecule has 1 atom stereocenters. The smallest absolute Gasteiger partial charge is 0.225 e. The molecule has 1 fully saturated rings. The molecule has 168 valence electrons. The zero-order valence-corrected chi connectivity index (χ0v) is 19.5. The molecule has 1 saturated heterocycles. The summed E-state index contributed by atoms with van der Waals surface area (Å²) in [6.07, 6.45) is 2.96. The van der Waals surface area contributed by atoms with Gasteiger partial charge in [0, 0.05) is 50.7 Å². The average Bonchev–Trinajstić information content (AvgIpc) is 2.74. The van der Waals surface area contributed by atoms with Gasteiger partial charge in [-0.1, -0.05) is 44.2 Å². The number of hydrogen-bond acceptors (Lipinski definition) is 3. The van der Waals surface area contributed by atoms with Crippen LogP contribution in [-0.4, -0.2) is 67.0 Å². The van der Waals surface area contributed by atoms with E-state index in [0.29, 0.717) is 12.1 Å². The van der Waals surface area contributed by atoms with Gasteiger partial charge in [0.05, 0.1) is 0 Å². The maximum atomic E-state index is 12.2. The molecule has 1 aliphatic rings. The molecule has 0 bridgehead atoms. The van der Waals surface area contributed by atoms with E-state index in [-0.39, 0.29) is 11.8 Å². The van der Waals surface area contributed by atoms with Crippen LogP contribution >= 0.6 is 0 Å². The van der Waals surface area contributed by atoms with E-state index < -0.39 is 0 Å². The number of amides is 1. The zero-order chi connectivity index (χ0) is 21.9. The summed E-state index contributed by atoms with van der Waals surface area (Å²) in [6.45, 7) is 12.6. The quantitative estimate of drug-likeness (QED) is 0.481. The highest BCUT2D eigenvalue weighted by Crippen LogP contribution is 2.13. The lowest BCUT2D eigenvalue weighted by atomic mass is 10.0. The van der Waals surface area contributed by atoms with Crippen LogP contribution in [0.15, 0.2) is 35.3 Å². The Kier molecular flexibility index (Phi) is 10.1. The van der Waals surface area contributed by atoms with Gasteiger partial charge in [0.1, 0.15) is 0 Å². The normalized spacial score (nSPS) is 16.8. The zero-order valence-electron chi connectivity index (χ0n) is 19.5. The van der Waals surface area contributed by atoms with Crippen LogP contribution < -0.4 is 10.6 Å². The lowest BCUT2D eigenvalue weighted by Crippen LogP contribution is -2.50. The van der Waals surface area contributed by atoms with E-state index in [9.17, 15) is 4.79 Å². The van der Waals surface area contributed by atoms with Crippen LogP contribution in [0.5, 0.6) is 0 Å². The van der Waals surface area contributed by atoms with Crippen LogP contribution in [0.3, 0.4) is 0 Å². The fourth-order valence-corrected chi connectivity index (χ4v) is 3.73. The van der Waals surface area contributed by atoms with Gasteiger partial charge >= 0.3 is 0 Å². The lowest BCUT2D eigenvalue weighted by Gasteiger charge is -2.34. The highest BCUT2D eigenvalue weighted by atomic mass is 16.2. The molecule has 1 heterocycles. The van der Waals surface area contributed by atoms with Gasteiger partial charge in [0.2, 0.25) is 5.91 Å². The number of nitrogens with zero attached hydrogens (tertiary/aromatic N) is 3. The molecule has 1 aromatic rings. The van der Waals surface area contributed by atoms with Crippen molar-refractivity contribution in [3.8, 4) is 0 Å². The molecule has 1 unspecified atom stereocenters. The van der Waals surface area contributed by atoms with E-state index in [1.54, 1.807) is 0 Å². The van der Waals surface area contributed by atoms with Gasteiger partial charge < -0.3 is 15.5 Å². The van der Waals surface area contributed by atoms with Crippen molar-refractivity contribution >= 4 is 11.9 Å². The van der Waals surface area contributed by atoms with Gasteiger partial charge in [0.25, 0.3) is 0 Å². The molecule has 1 aromatic carbocycles. The summed E-state index contributed by atoms with van der Waals surface area (Å²) in [6, 6.07) is 11.4.